The molecule has 11 heavy (non-hydrogen) atoms. The molecule has 0 radical (unpaired) electrons. The molecular weight excluding hydrogens is 140 g/mol. The molecule has 0 aliphatic carbocycles. The average molecular weight is 150 g/mol. The monoisotopic (exact) mass is 150 g/mol. The van der Waals surface area contributed by atoms with Crippen LogP contribution in [0.15, 0.2) is 27.5 Å². The van der Waals surface area contributed by atoms with E-state index in [1.807, 2.05) is 24.2 Å². The SMILES string of the molecule is C=N/N=C1/C=NCC=CN1C. The second-order valence-corrected chi connectivity index (χ2v) is 2.09. The number of aliphatic imine (C=N–C) groups is 1. The summed E-state index contributed by atoms with van der Waals surface area (Å²) in [5, 5.41) is 7.20. The van der Waals surface area contributed by atoms with Gasteiger partial charge >= 0.3 is 0 Å². The first-order valence-corrected chi connectivity index (χ1v) is 3.27. The normalized spacial score (nSPS) is 20.5. The van der Waals surface area contributed by atoms with Crippen molar-refractivity contribution in [3.05, 3.63) is 12.3 Å². The Morgan fingerprint density at radius 1 is 1.73 bits per heavy atom. The Bertz CT molecular complexity index is 227. The van der Waals surface area contributed by atoms with Crippen molar-refractivity contribution >= 4 is 18.8 Å². The van der Waals surface area contributed by atoms with Gasteiger partial charge in [0.05, 0.1) is 12.8 Å². The minimum absolute atomic E-state index is 0.695. The molecule has 0 atom stereocenters. The summed E-state index contributed by atoms with van der Waals surface area (Å²) in [6.07, 6.45) is 5.52. The van der Waals surface area contributed by atoms with Crippen LogP contribution in [0.4, 0.5) is 0 Å². The first-order chi connectivity index (χ1) is 5.34. The van der Waals surface area contributed by atoms with Crippen molar-refractivity contribution in [2.75, 3.05) is 13.6 Å². The lowest BCUT2D eigenvalue weighted by molar-refractivity contribution is 0.695. The fourth-order valence-corrected chi connectivity index (χ4v) is 0.737. The zero-order chi connectivity index (χ0) is 8.10. The third-order valence-electron chi connectivity index (χ3n) is 1.28. The lowest BCUT2D eigenvalue weighted by Gasteiger charge is -2.09. The Morgan fingerprint density at radius 3 is 3.27 bits per heavy atom. The first kappa shape index (κ1) is 7.65. The molecular formula is C7H10N4. The third kappa shape index (κ3) is 2.00. The van der Waals surface area contributed by atoms with Gasteiger partial charge in [-0.05, 0) is 6.08 Å². The Hall–Kier alpha value is -1.45. The van der Waals surface area contributed by atoms with Crippen LogP contribution < -0.4 is 0 Å². The fourth-order valence-electron chi connectivity index (χ4n) is 0.737. The molecule has 0 amide bonds. The lowest BCUT2D eigenvalue weighted by Crippen LogP contribution is -2.20. The van der Waals surface area contributed by atoms with Gasteiger partial charge < -0.3 is 4.90 Å². The Kier molecular flexibility index (Phi) is 2.54. The molecule has 0 aromatic heterocycles. The Morgan fingerprint density at radius 2 is 2.55 bits per heavy atom. The zero-order valence-electron chi connectivity index (χ0n) is 6.44. The van der Waals surface area contributed by atoms with E-state index in [1.54, 1.807) is 6.21 Å². The molecule has 1 rings (SSSR count). The smallest absolute Gasteiger partial charge is 0.172 e. The molecule has 0 aromatic carbocycles. The van der Waals surface area contributed by atoms with Crippen LogP contribution in [0.1, 0.15) is 0 Å². The highest BCUT2D eigenvalue weighted by Gasteiger charge is 2.00. The highest BCUT2D eigenvalue weighted by atomic mass is 15.3. The van der Waals surface area contributed by atoms with Gasteiger partial charge in [0.2, 0.25) is 0 Å². The number of rotatable bonds is 1. The maximum atomic E-state index is 4.05. The van der Waals surface area contributed by atoms with E-state index in [2.05, 4.69) is 21.9 Å². The highest BCUT2D eigenvalue weighted by molar-refractivity contribution is 6.29. The maximum Gasteiger partial charge on any atom is 0.172 e. The first-order valence-electron chi connectivity index (χ1n) is 3.27. The van der Waals surface area contributed by atoms with E-state index >= 15 is 0 Å². The lowest BCUT2D eigenvalue weighted by atomic mass is 10.5. The van der Waals surface area contributed by atoms with Crippen molar-refractivity contribution in [3.8, 4) is 0 Å². The van der Waals surface area contributed by atoms with Gasteiger partial charge in [-0.25, -0.2) is 0 Å². The standard InChI is InChI=1S/C7H10N4/c1-8-10-7-6-9-4-3-5-11(7)2/h3,5-6H,1,4H2,2H3/b10-7-. The van der Waals surface area contributed by atoms with Crippen LogP contribution in [0.3, 0.4) is 0 Å². The molecule has 1 aliphatic heterocycles. The molecule has 4 nitrogen and oxygen atoms in total. The summed E-state index contributed by atoms with van der Waals surface area (Å²) in [4.78, 5) is 5.89. The summed E-state index contributed by atoms with van der Waals surface area (Å²) in [5.41, 5.74) is 0. The van der Waals surface area contributed by atoms with Crippen LogP contribution in [0, 0.1) is 0 Å². The van der Waals surface area contributed by atoms with E-state index in [0.29, 0.717) is 12.4 Å². The number of amidine groups is 1. The number of nitrogens with zero attached hydrogens (tertiary/aromatic N) is 4. The van der Waals surface area contributed by atoms with Crippen molar-refractivity contribution in [1.82, 2.24) is 4.90 Å². The second-order valence-electron chi connectivity index (χ2n) is 2.09. The average Bonchev–Trinajstić information content (AvgIpc) is 2.18. The van der Waals surface area contributed by atoms with Crippen molar-refractivity contribution < 1.29 is 0 Å². The molecule has 0 fully saturated rings. The minimum atomic E-state index is 0.695. The molecule has 0 bridgehead atoms. The van der Waals surface area contributed by atoms with E-state index in [9.17, 15) is 0 Å². The topological polar surface area (TPSA) is 40.3 Å². The summed E-state index contributed by atoms with van der Waals surface area (Å²) >= 11 is 0. The molecule has 0 N–H and O–H groups in total. The van der Waals surface area contributed by atoms with Crippen molar-refractivity contribution in [3.63, 3.8) is 0 Å². The molecule has 0 saturated carbocycles. The van der Waals surface area contributed by atoms with Gasteiger partial charge in [-0.3, -0.25) is 4.99 Å². The molecule has 0 aromatic rings. The third-order valence-corrected chi connectivity index (χ3v) is 1.28. The van der Waals surface area contributed by atoms with Gasteiger partial charge in [-0.1, -0.05) is 0 Å². The van der Waals surface area contributed by atoms with Crippen LogP contribution >= 0.6 is 0 Å². The zero-order valence-corrected chi connectivity index (χ0v) is 6.44. The Balaban J connectivity index is 2.84. The fraction of sp³-hybridized carbons (Fsp3) is 0.286. The molecule has 4 heteroatoms. The van der Waals surface area contributed by atoms with Crippen LogP contribution in [0.2, 0.25) is 0 Å². The minimum Gasteiger partial charge on any atom is -0.334 e. The van der Waals surface area contributed by atoms with E-state index in [0.717, 1.165) is 0 Å². The summed E-state index contributed by atoms with van der Waals surface area (Å²) in [5.74, 6) is 0.703. The van der Waals surface area contributed by atoms with Gasteiger partial charge in [0.1, 0.15) is 0 Å². The number of hydrogen-bond donors (Lipinski definition) is 0. The highest BCUT2D eigenvalue weighted by Crippen LogP contribution is 1.93. The van der Waals surface area contributed by atoms with Crippen LogP contribution in [0.25, 0.3) is 0 Å². The number of hydrogen-bond acceptors (Lipinski definition) is 3. The predicted octanol–water partition coefficient (Wildman–Crippen LogP) is 0.530. The second kappa shape index (κ2) is 3.65. The molecule has 58 valence electrons. The predicted molar refractivity (Wildman–Crippen MR) is 47.2 cm³/mol. The maximum absolute atomic E-state index is 4.05. The quantitative estimate of drug-likeness (QED) is 0.397. The van der Waals surface area contributed by atoms with Crippen LogP contribution in [-0.4, -0.2) is 37.3 Å². The van der Waals surface area contributed by atoms with E-state index in [1.165, 1.54) is 0 Å². The van der Waals surface area contributed by atoms with Gasteiger partial charge in [0.15, 0.2) is 5.84 Å². The van der Waals surface area contributed by atoms with Gasteiger partial charge in [0.25, 0.3) is 0 Å². The molecule has 0 unspecified atom stereocenters. The van der Waals surface area contributed by atoms with Gasteiger partial charge in [-0.2, -0.15) is 5.10 Å². The van der Waals surface area contributed by atoms with Crippen LogP contribution in [-0.2, 0) is 0 Å². The van der Waals surface area contributed by atoms with E-state index < -0.39 is 0 Å². The Labute approximate surface area is 65.6 Å². The van der Waals surface area contributed by atoms with Gasteiger partial charge in [-0.15, -0.1) is 5.10 Å². The summed E-state index contributed by atoms with van der Waals surface area (Å²) in [6, 6.07) is 0. The van der Waals surface area contributed by atoms with Crippen molar-refractivity contribution in [1.29, 1.82) is 0 Å². The van der Waals surface area contributed by atoms with Crippen molar-refractivity contribution in [2.45, 2.75) is 0 Å². The van der Waals surface area contributed by atoms with E-state index in [-0.39, 0.29) is 0 Å². The van der Waals surface area contributed by atoms with Crippen LogP contribution in [0.5, 0.6) is 0 Å². The summed E-state index contributed by atoms with van der Waals surface area (Å²) in [6.45, 7) is 3.96. The molecule has 0 spiro atoms. The summed E-state index contributed by atoms with van der Waals surface area (Å²) < 4.78 is 0. The molecule has 1 aliphatic rings. The van der Waals surface area contributed by atoms with Crippen molar-refractivity contribution in [2.24, 2.45) is 15.2 Å². The molecule has 0 saturated heterocycles. The molecule has 1 heterocycles. The largest absolute Gasteiger partial charge is 0.334 e. The van der Waals surface area contributed by atoms with E-state index in [4.69, 9.17) is 0 Å². The summed E-state index contributed by atoms with van der Waals surface area (Å²) in [7, 11) is 1.89. The van der Waals surface area contributed by atoms with Gasteiger partial charge in [0, 0.05) is 20.0 Å².